The first-order chi connectivity index (χ1) is 7.26. The molecule has 0 unspecified atom stereocenters. The molecule has 1 amide bonds. The van der Waals surface area contributed by atoms with Gasteiger partial charge in [-0.15, -0.1) is 11.6 Å². The number of hydrazine groups is 1. The number of ether oxygens (including phenoxy) is 2. The molecule has 0 aromatic heterocycles. The molecule has 86 valence electrons. The summed E-state index contributed by atoms with van der Waals surface area (Å²) < 4.78 is 10.1. The van der Waals surface area contributed by atoms with Gasteiger partial charge >= 0.3 is 6.02 Å². The smallest absolute Gasteiger partial charge is 0.307 e. The molecule has 0 aromatic carbocycles. The Hall–Kier alpha value is -0.850. The van der Waals surface area contributed by atoms with Gasteiger partial charge in [-0.1, -0.05) is 0 Å². The maximum Gasteiger partial charge on any atom is 0.307 e. The van der Waals surface area contributed by atoms with E-state index in [-0.39, 0.29) is 11.9 Å². The van der Waals surface area contributed by atoms with Crippen LogP contribution in [-0.2, 0) is 14.3 Å². The van der Waals surface area contributed by atoms with Gasteiger partial charge in [-0.3, -0.25) is 10.2 Å². The molecule has 1 aliphatic heterocycles. The fourth-order valence-corrected chi connectivity index (χ4v) is 1.13. The van der Waals surface area contributed by atoms with Gasteiger partial charge in [0.05, 0.1) is 20.3 Å². The largest absolute Gasteiger partial charge is 0.467 e. The first-order valence-corrected chi connectivity index (χ1v) is 5.10. The quantitative estimate of drug-likeness (QED) is 0.401. The van der Waals surface area contributed by atoms with E-state index in [1.165, 1.54) is 7.11 Å². The van der Waals surface area contributed by atoms with Crippen molar-refractivity contribution in [3.63, 3.8) is 0 Å². The summed E-state index contributed by atoms with van der Waals surface area (Å²) in [7, 11) is 1.44. The van der Waals surface area contributed by atoms with Crippen molar-refractivity contribution in [1.29, 1.82) is 0 Å². The summed E-state index contributed by atoms with van der Waals surface area (Å²) in [5.41, 5.74) is 2.87. The highest BCUT2D eigenvalue weighted by Gasteiger charge is 2.12. The van der Waals surface area contributed by atoms with E-state index >= 15 is 0 Å². The molecule has 6 nitrogen and oxygen atoms in total. The number of hydrogen-bond donors (Lipinski definition) is 1. The molecule has 0 bridgehead atoms. The van der Waals surface area contributed by atoms with Crippen LogP contribution < -0.4 is 5.43 Å². The first kappa shape index (κ1) is 12.2. The Balaban J connectivity index is 2.44. The number of nitrogens with zero attached hydrogens (tertiary/aromatic N) is 2. The zero-order valence-corrected chi connectivity index (χ0v) is 9.29. The lowest BCUT2D eigenvalue weighted by atomic mass is 10.5. The highest BCUT2D eigenvalue weighted by molar-refractivity contribution is 6.28. The molecule has 1 N–H and O–H groups in total. The zero-order valence-electron chi connectivity index (χ0n) is 8.53. The van der Waals surface area contributed by atoms with Crippen molar-refractivity contribution in [3.8, 4) is 0 Å². The van der Waals surface area contributed by atoms with Crippen LogP contribution in [-0.4, -0.2) is 56.2 Å². The van der Waals surface area contributed by atoms with Gasteiger partial charge in [-0.25, -0.2) is 5.01 Å². The summed E-state index contributed by atoms with van der Waals surface area (Å²) in [5.74, 6) is -0.591. The fourth-order valence-electron chi connectivity index (χ4n) is 1.07. The maximum absolute atomic E-state index is 10.9. The van der Waals surface area contributed by atoms with Crippen LogP contribution in [0.2, 0.25) is 0 Å². The number of aliphatic imine (C=N–C) groups is 1. The van der Waals surface area contributed by atoms with Crippen LogP contribution in [0.3, 0.4) is 0 Å². The lowest BCUT2D eigenvalue weighted by molar-refractivity contribution is -0.115. The van der Waals surface area contributed by atoms with E-state index < -0.39 is 5.91 Å². The Labute approximate surface area is 93.2 Å². The predicted molar refractivity (Wildman–Crippen MR) is 55.7 cm³/mol. The topological polar surface area (TPSA) is 63.2 Å². The van der Waals surface area contributed by atoms with Gasteiger partial charge < -0.3 is 9.47 Å². The van der Waals surface area contributed by atoms with Gasteiger partial charge in [0.2, 0.25) is 0 Å². The molecule has 1 saturated heterocycles. The molecule has 0 saturated carbocycles. The molecule has 0 atom stereocenters. The molecule has 1 fully saturated rings. The van der Waals surface area contributed by atoms with Crippen molar-refractivity contribution in [2.24, 2.45) is 4.99 Å². The Bertz CT molecular complexity index is 241. The highest BCUT2D eigenvalue weighted by atomic mass is 35.5. The summed E-state index contributed by atoms with van der Waals surface area (Å²) in [6.45, 7) is 2.73. The number of hydrogen-bond acceptors (Lipinski definition) is 4. The van der Waals surface area contributed by atoms with E-state index in [1.54, 1.807) is 0 Å². The monoisotopic (exact) mass is 235 g/mol. The van der Waals surface area contributed by atoms with Crippen LogP contribution in [0.25, 0.3) is 0 Å². The Morgan fingerprint density at radius 3 is 2.80 bits per heavy atom. The second-order valence-corrected chi connectivity index (χ2v) is 3.13. The van der Waals surface area contributed by atoms with Gasteiger partial charge in [-0.2, -0.15) is 4.99 Å². The highest BCUT2D eigenvalue weighted by Crippen LogP contribution is 1.93. The van der Waals surface area contributed by atoms with Gasteiger partial charge in [-0.05, 0) is 0 Å². The van der Waals surface area contributed by atoms with Gasteiger partial charge in [0.15, 0.2) is 0 Å². The SMILES string of the molecule is CO/C(=N\C(=O)CCl)NN1CCOCC1. The van der Waals surface area contributed by atoms with Crippen LogP contribution in [0.1, 0.15) is 0 Å². The minimum absolute atomic E-state index is 0.155. The summed E-state index contributed by atoms with van der Waals surface area (Å²) in [6.07, 6.45) is 0. The van der Waals surface area contributed by atoms with E-state index in [1.807, 2.05) is 5.01 Å². The number of carbonyl (C=O) groups is 1. The minimum atomic E-state index is -0.436. The molecular formula is C8H14ClN3O3. The molecule has 15 heavy (non-hydrogen) atoms. The summed E-state index contributed by atoms with van der Waals surface area (Å²) in [4.78, 5) is 14.6. The van der Waals surface area contributed by atoms with E-state index in [2.05, 4.69) is 10.4 Å². The first-order valence-electron chi connectivity index (χ1n) is 4.57. The third-order valence-electron chi connectivity index (χ3n) is 1.80. The number of nitrogens with one attached hydrogen (secondary N) is 1. The van der Waals surface area contributed by atoms with E-state index in [9.17, 15) is 4.79 Å². The normalized spacial score (nSPS) is 18.7. The van der Waals surface area contributed by atoms with Crippen LogP contribution in [0.4, 0.5) is 0 Å². The Morgan fingerprint density at radius 2 is 2.27 bits per heavy atom. The molecule has 1 heterocycles. The molecule has 0 aromatic rings. The standard InChI is InChI=1S/C8H14ClN3O3/c1-14-8(10-7(13)6-9)11-12-2-4-15-5-3-12/h2-6H2,1H3,(H,10,11,13). The number of morpholine rings is 1. The molecular weight excluding hydrogens is 222 g/mol. The average molecular weight is 236 g/mol. The molecule has 7 heteroatoms. The van der Waals surface area contributed by atoms with Crippen LogP contribution in [0.15, 0.2) is 4.99 Å². The van der Waals surface area contributed by atoms with Crippen molar-refractivity contribution in [2.75, 3.05) is 39.3 Å². The molecule has 0 radical (unpaired) electrons. The second kappa shape index (κ2) is 6.60. The summed E-state index contributed by atoms with van der Waals surface area (Å²) >= 11 is 5.32. The third kappa shape index (κ3) is 4.46. The van der Waals surface area contributed by atoms with Crippen molar-refractivity contribution < 1.29 is 14.3 Å². The van der Waals surface area contributed by atoms with Gasteiger partial charge in [0.1, 0.15) is 5.88 Å². The number of carbonyl (C=O) groups excluding carboxylic acids is 1. The van der Waals surface area contributed by atoms with E-state index in [0.29, 0.717) is 13.2 Å². The number of methoxy groups -OCH3 is 1. The third-order valence-corrected chi connectivity index (χ3v) is 2.03. The number of halogens is 1. The van der Waals surface area contributed by atoms with E-state index in [4.69, 9.17) is 21.1 Å². The van der Waals surface area contributed by atoms with Gasteiger partial charge in [0, 0.05) is 13.1 Å². The summed E-state index contributed by atoms with van der Waals surface area (Å²) in [6, 6.07) is 0.155. The molecule has 0 spiro atoms. The molecule has 1 rings (SSSR count). The van der Waals surface area contributed by atoms with Crippen LogP contribution >= 0.6 is 11.6 Å². The molecule has 1 aliphatic rings. The lowest BCUT2D eigenvalue weighted by Gasteiger charge is -2.27. The van der Waals surface area contributed by atoms with Crippen molar-refractivity contribution in [1.82, 2.24) is 10.4 Å². The summed E-state index contributed by atoms with van der Waals surface area (Å²) in [5, 5.41) is 1.87. The average Bonchev–Trinajstić information content (AvgIpc) is 2.29. The predicted octanol–water partition coefficient (Wildman–Crippen LogP) is -0.409. The number of amides is 1. The Kier molecular flexibility index (Phi) is 5.38. The van der Waals surface area contributed by atoms with Gasteiger partial charge in [0.25, 0.3) is 5.91 Å². The number of amidine groups is 1. The number of alkyl halides is 1. The van der Waals surface area contributed by atoms with Crippen molar-refractivity contribution in [3.05, 3.63) is 0 Å². The van der Waals surface area contributed by atoms with Crippen LogP contribution in [0.5, 0.6) is 0 Å². The second-order valence-electron chi connectivity index (χ2n) is 2.86. The fraction of sp³-hybridized carbons (Fsp3) is 0.750. The minimum Gasteiger partial charge on any atom is -0.467 e. The molecule has 0 aliphatic carbocycles. The Morgan fingerprint density at radius 1 is 1.60 bits per heavy atom. The number of rotatable bonds is 2. The van der Waals surface area contributed by atoms with Crippen molar-refractivity contribution >= 4 is 23.5 Å². The van der Waals surface area contributed by atoms with Crippen molar-refractivity contribution in [2.45, 2.75) is 0 Å². The van der Waals surface area contributed by atoms with E-state index in [0.717, 1.165) is 13.1 Å². The van der Waals surface area contributed by atoms with Crippen LogP contribution in [0, 0.1) is 0 Å². The lowest BCUT2D eigenvalue weighted by Crippen LogP contribution is -2.49. The zero-order chi connectivity index (χ0) is 11.1. The maximum atomic E-state index is 10.9.